The molecule has 11 heteroatoms. The number of rotatable bonds is 7. The maximum Gasteiger partial charge on any atom is 0.323 e. The molecule has 3 aromatic rings. The molecule has 2 N–H and O–H groups in total. The maximum atomic E-state index is 12.5. The van der Waals surface area contributed by atoms with Crippen molar-refractivity contribution in [1.82, 2.24) is 14.9 Å². The molecule has 2 aromatic carbocycles. The molecule has 0 atom stereocenters. The second kappa shape index (κ2) is 9.43. The molecule has 0 unspecified atom stereocenters. The van der Waals surface area contributed by atoms with E-state index in [1.54, 1.807) is 48.5 Å². The third-order valence-corrected chi connectivity index (χ3v) is 6.06. The molecule has 33 heavy (non-hydrogen) atoms. The van der Waals surface area contributed by atoms with Crippen molar-refractivity contribution in [3.05, 3.63) is 69.1 Å². The first-order valence-corrected chi connectivity index (χ1v) is 10.8. The van der Waals surface area contributed by atoms with Gasteiger partial charge >= 0.3 is 5.97 Å². The van der Waals surface area contributed by atoms with Gasteiger partial charge in [0.1, 0.15) is 23.3 Å². The summed E-state index contributed by atoms with van der Waals surface area (Å²) in [7, 11) is 1.48. The summed E-state index contributed by atoms with van der Waals surface area (Å²) in [5.41, 5.74) is 0.969. The van der Waals surface area contributed by atoms with E-state index < -0.39 is 18.4 Å². The first-order valence-electron chi connectivity index (χ1n) is 9.61. The van der Waals surface area contributed by atoms with Crippen LogP contribution in [0.25, 0.3) is 17.0 Å². The molecule has 0 aliphatic carbocycles. The predicted molar refractivity (Wildman–Crippen MR) is 127 cm³/mol. The Hall–Kier alpha value is -3.70. The van der Waals surface area contributed by atoms with Crippen molar-refractivity contribution in [3.63, 3.8) is 0 Å². The van der Waals surface area contributed by atoms with Gasteiger partial charge in [0.15, 0.2) is 11.5 Å². The van der Waals surface area contributed by atoms with E-state index in [-0.39, 0.29) is 16.5 Å². The lowest BCUT2D eigenvalue weighted by atomic mass is 10.2. The van der Waals surface area contributed by atoms with Crippen LogP contribution in [0.4, 0.5) is 0 Å². The van der Waals surface area contributed by atoms with Crippen molar-refractivity contribution in [2.24, 2.45) is 0 Å². The number of carbonyl (C=O) groups is 2. The van der Waals surface area contributed by atoms with Crippen LogP contribution in [-0.4, -0.2) is 49.8 Å². The number of thiocarbonyl (C=S) groups is 1. The normalized spacial score (nSPS) is 14.8. The van der Waals surface area contributed by atoms with Gasteiger partial charge in [-0.3, -0.25) is 19.3 Å². The minimum absolute atomic E-state index is 0.0175. The van der Waals surface area contributed by atoms with Gasteiger partial charge in [0.2, 0.25) is 0 Å². The number of methoxy groups -OCH3 is 1. The monoisotopic (exact) mass is 483 g/mol. The van der Waals surface area contributed by atoms with Gasteiger partial charge in [0.05, 0.1) is 22.9 Å². The summed E-state index contributed by atoms with van der Waals surface area (Å²) >= 11 is 6.14. The molecule has 1 aliphatic heterocycles. The number of ether oxygens (including phenoxy) is 2. The molecule has 0 spiro atoms. The Kier molecular flexibility index (Phi) is 6.43. The molecule has 1 saturated heterocycles. The second-order valence-corrected chi connectivity index (χ2v) is 8.57. The number of nitrogens with zero attached hydrogens (tertiary/aromatic N) is 2. The highest BCUT2D eigenvalue weighted by molar-refractivity contribution is 8.26. The standard InChI is InChI=1S/C22H17N3O6S2/c1-30-16-8-12(9-17-21(29)25(10-19(26)27)22(32)33-17)6-7-15(16)31-11-18-23-14-5-3-2-4-13(14)20(28)24-18/h2-9H,10-11H2,1H3,(H,26,27)(H,23,24,28)/b17-9-. The quantitative estimate of drug-likeness (QED) is 0.386. The molecule has 1 aromatic heterocycles. The average molecular weight is 484 g/mol. The number of carbonyl (C=O) groups excluding carboxylic acids is 1. The zero-order chi connectivity index (χ0) is 23.5. The first kappa shape index (κ1) is 22.5. The van der Waals surface area contributed by atoms with Crippen LogP contribution in [0.1, 0.15) is 11.4 Å². The number of amides is 1. The Bertz CT molecular complexity index is 1370. The third-order valence-electron chi connectivity index (χ3n) is 4.68. The lowest BCUT2D eigenvalue weighted by molar-refractivity contribution is -0.140. The van der Waals surface area contributed by atoms with E-state index in [4.69, 9.17) is 26.8 Å². The number of fused-ring (bicyclic) bond motifs is 1. The number of hydrogen-bond donors (Lipinski definition) is 2. The zero-order valence-electron chi connectivity index (χ0n) is 17.2. The first-order chi connectivity index (χ1) is 15.9. The average Bonchev–Trinajstić information content (AvgIpc) is 3.05. The highest BCUT2D eigenvalue weighted by Crippen LogP contribution is 2.34. The number of H-pyrrole nitrogens is 1. The lowest BCUT2D eigenvalue weighted by Crippen LogP contribution is -2.33. The van der Waals surface area contributed by atoms with Crippen molar-refractivity contribution in [2.45, 2.75) is 6.61 Å². The number of carboxylic acids is 1. The number of aromatic amines is 1. The predicted octanol–water partition coefficient (Wildman–Crippen LogP) is 2.80. The summed E-state index contributed by atoms with van der Waals surface area (Å²) in [5, 5.41) is 9.44. The van der Waals surface area contributed by atoms with Crippen LogP contribution in [0.3, 0.4) is 0 Å². The molecular formula is C22H17N3O6S2. The number of aliphatic carboxylic acids is 1. The fraction of sp³-hybridized carbons (Fsp3) is 0.136. The van der Waals surface area contributed by atoms with Crippen molar-refractivity contribution in [2.75, 3.05) is 13.7 Å². The van der Waals surface area contributed by atoms with Gasteiger partial charge < -0.3 is 19.6 Å². The van der Waals surface area contributed by atoms with Gasteiger partial charge in [0.25, 0.3) is 11.5 Å². The minimum atomic E-state index is -1.14. The summed E-state index contributed by atoms with van der Waals surface area (Å²) in [6.45, 7) is -0.466. The van der Waals surface area contributed by atoms with Crippen LogP contribution in [0, 0.1) is 0 Å². The minimum Gasteiger partial charge on any atom is -0.493 e. The fourth-order valence-corrected chi connectivity index (χ4v) is 4.42. The Balaban J connectivity index is 1.52. The van der Waals surface area contributed by atoms with E-state index in [1.807, 2.05) is 0 Å². The number of carboxylic acid groups (broad SMARTS) is 1. The Morgan fingerprint density at radius 3 is 2.79 bits per heavy atom. The molecule has 1 amide bonds. The van der Waals surface area contributed by atoms with Gasteiger partial charge in [-0.1, -0.05) is 42.2 Å². The SMILES string of the molecule is COc1cc(/C=C2\SC(=S)N(CC(=O)O)C2=O)ccc1OCc1nc2ccccc2c(=O)[nH]1. The molecule has 4 rings (SSSR count). The molecule has 0 radical (unpaired) electrons. The molecule has 168 valence electrons. The van der Waals surface area contributed by atoms with Crippen LogP contribution >= 0.6 is 24.0 Å². The van der Waals surface area contributed by atoms with Gasteiger partial charge in [-0.05, 0) is 35.9 Å². The van der Waals surface area contributed by atoms with Crippen molar-refractivity contribution >= 4 is 57.2 Å². The molecule has 1 fully saturated rings. The largest absolute Gasteiger partial charge is 0.493 e. The summed E-state index contributed by atoms with van der Waals surface area (Å²) in [4.78, 5) is 44.1. The number of aromatic nitrogens is 2. The van der Waals surface area contributed by atoms with E-state index in [0.717, 1.165) is 16.7 Å². The van der Waals surface area contributed by atoms with E-state index in [2.05, 4.69) is 9.97 Å². The maximum absolute atomic E-state index is 12.5. The van der Waals surface area contributed by atoms with Gasteiger partial charge in [-0.25, -0.2) is 4.98 Å². The number of para-hydroxylation sites is 1. The Morgan fingerprint density at radius 2 is 2.03 bits per heavy atom. The summed E-state index contributed by atoms with van der Waals surface area (Å²) in [5.74, 6) is -0.403. The number of thioether (sulfide) groups is 1. The van der Waals surface area contributed by atoms with Gasteiger partial charge in [0, 0.05) is 0 Å². The molecule has 2 heterocycles. The van der Waals surface area contributed by atoms with Crippen molar-refractivity contribution < 1.29 is 24.2 Å². The van der Waals surface area contributed by atoms with Crippen LogP contribution in [-0.2, 0) is 16.2 Å². The Morgan fingerprint density at radius 1 is 1.24 bits per heavy atom. The fourth-order valence-electron chi connectivity index (χ4n) is 3.17. The number of benzene rings is 2. The van der Waals surface area contributed by atoms with E-state index >= 15 is 0 Å². The van der Waals surface area contributed by atoms with Crippen molar-refractivity contribution in [3.8, 4) is 11.5 Å². The van der Waals surface area contributed by atoms with Crippen LogP contribution in [0.15, 0.2) is 52.2 Å². The molecule has 0 saturated carbocycles. The highest BCUT2D eigenvalue weighted by Gasteiger charge is 2.33. The van der Waals surface area contributed by atoms with Crippen LogP contribution < -0.4 is 15.0 Å². The number of nitrogens with one attached hydrogen (secondary N) is 1. The molecule has 9 nitrogen and oxygen atoms in total. The third kappa shape index (κ3) is 4.89. The van der Waals surface area contributed by atoms with Crippen LogP contribution in [0.5, 0.6) is 11.5 Å². The topological polar surface area (TPSA) is 122 Å². The van der Waals surface area contributed by atoms with Crippen LogP contribution in [0.2, 0.25) is 0 Å². The highest BCUT2D eigenvalue weighted by atomic mass is 32.2. The number of hydrogen-bond acceptors (Lipinski definition) is 8. The van der Waals surface area contributed by atoms with Gasteiger partial charge in [-0.2, -0.15) is 0 Å². The summed E-state index contributed by atoms with van der Waals surface area (Å²) in [6.07, 6.45) is 1.61. The van der Waals surface area contributed by atoms with E-state index in [0.29, 0.717) is 38.7 Å². The van der Waals surface area contributed by atoms with Crippen molar-refractivity contribution in [1.29, 1.82) is 0 Å². The smallest absolute Gasteiger partial charge is 0.323 e. The molecule has 1 aliphatic rings. The van der Waals surface area contributed by atoms with E-state index in [9.17, 15) is 14.4 Å². The summed E-state index contributed by atoms with van der Waals surface area (Å²) in [6, 6.07) is 12.1. The molecular weight excluding hydrogens is 466 g/mol. The van der Waals surface area contributed by atoms with E-state index in [1.165, 1.54) is 7.11 Å². The van der Waals surface area contributed by atoms with Gasteiger partial charge in [-0.15, -0.1) is 0 Å². The Labute approximate surface area is 197 Å². The molecule has 0 bridgehead atoms. The summed E-state index contributed by atoms with van der Waals surface area (Å²) < 4.78 is 11.4. The zero-order valence-corrected chi connectivity index (χ0v) is 18.9. The second-order valence-electron chi connectivity index (χ2n) is 6.89. The lowest BCUT2D eigenvalue weighted by Gasteiger charge is -2.12.